The van der Waals surface area contributed by atoms with Crippen LogP contribution in [0.4, 0.5) is 0 Å². The molecule has 7 heteroatoms. The van der Waals surface area contributed by atoms with Crippen molar-refractivity contribution in [2.24, 2.45) is 5.73 Å². The van der Waals surface area contributed by atoms with Gasteiger partial charge >= 0.3 is 0 Å². The van der Waals surface area contributed by atoms with Crippen LogP contribution < -0.4 is 15.2 Å². The molecule has 0 bridgehead atoms. The lowest BCUT2D eigenvalue weighted by Gasteiger charge is -2.35. The van der Waals surface area contributed by atoms with E-state index in [0.29, 0.717) is 23.6 Å². The Kier molecular flexibility index (Phi) is 5.35. The average molecular weight is 378 g/mol. The molecule has 1 amide bonds. The van der Waals surface area contributed by atoms with Crippen molar-refractivity contribution in [3.63, 3.8) is 0 Å². The average Bonchev–Trinajstić information content (AvgIpc) is 2.95. The summed E-state index contributed by atoms with van der Waals surface area (Å²) in [6.45, 7) is 1.48. The van der Waals surface area contributed by atoms with E-state index >= 15 is 0 Å². The zero-order chi connectivity index (χ0) is 14.1. The van der Waals surface area contributed by atoms with Gasteiger partial charge in [-0.1, -0.05) is 0 Å². The minimum Gasteiger partial charge on any atom is -0.454 e. The Morgan fingerprint density at radius 3 is 2.95 bits per heavy atom. The zero-order valence-corrected chi connectivity index (χ0v) is 13.9. The van der Waals surface area contributed by atoms with E-state index in [1.807, 2.05) is 4.90 Å². The van der Waals surface area contributed by atoms with E-state index in [9.17, 15) is 4.79 Å². The first-order chi connectivity index (χ1) is 9.70. The van der Waals surface area contributed by atoms with Crippen LogP contribution in [0.1, 0.15) is 29.6 Å². The lowest BCUT2D eigenvalue weighted by Crippen LogP contribution is -2.47. The summed E-state index contributed by atoms with van der Waals surface area (Å²) >= 11 is 3.42. The second-order valence-corrected chi connectivity index (χ2v) is 5.93. The van der Waals surface area contributed by atoms with Crippen molar-refractivity contribution in [3.05, 3.63) is 22.2 Å². The molecule has 1 fully saturated rings. The van der Waals surface area contributed by atoms with E-state index in [2.05, 4.69) is 15.9 Å². The molecule has 1 aromatic rings. The Hall–Kier alpha value is -0.980. The normalized spacial score (nSPS) is 20.1. The molecule has 0 spiro atoms. The highest BCUT2D eigenvalue weighted by Crippen LogP contribution is 2.40. The SMILES string of the molecule is Cl.NCC1CCCCN1C(=O)c1cc(Br)c2c(c1)OCO2. The van der Waals surface area contributed by atoms with Gasteiger partial charge in [-0.15, -0.1) is 12.4 Å². The van der Waals surface area contributed by atoms with Gasteiger partial charge in [0, 0.05) is 24.7 Å². The predicted octanol–water partition coefficient (Wildman–Crippen LogP) is 2.55. The van der Waals surface area contributed by atoms with Crippen LogP contribution >= 0.6 is 28.3 Å². The Morgan fingerprint density at radius 1 is 1.38 bits per heavy atom. The monoisotopic (exact) mass is 376 g/mol. The molecule has 1 atom stereocenters. The van der Waals surface area contributed by atoms with Crippen LogP contribution in [0, 0.1) is 0 Å². The molecule has 5 nitrogen and oxygen atoms in total. The maximum atomic E-state index is 12.7. The maximum Gasteiger partial charge on any atom is 0.254 e. The lowest BCUT2D eigenvalue weighted by molar-refractivity contribution is 0.0623. The maximum absolute atomic E-state index is 12.7. The molecule has 3 rings (SSSR count). The first-order valence-corrected chi connectivity index (χ1v) is 7.60. The zero-order valence-electron chi connectivity index (χ0n) is 11.5. The summed E-state index contributed by atoms with van der Waals surface area (Å²) in [6, 6.07) is 3.68. The number of amides is 1. The smallest absolute Gasteiger partial charge is 0.254 e. The highest BCUT2D eigenvalue weighted by atomic mass is 79.9. The molecule has 2 heterocycles. The van der Waals surface area contributed by atoms with Gasteiger partial charge in [0.15, 0.2) is 11.5 Å². The number of benzene rings is 1. The summed E-state index contributed by atoms with van der Waals surface area (Å²) in [5, 5.41) is 0. The first-order valence-electron chi connectivity index (χ1n) is 6.81. The number of hydrogen-bond donors (Lipinski definition) is 1. The number of carbonyl (C=O) groups excluding carboxylic acids is 1. The summed E-state index contributed by atoms with van der Waals surface area (Å²) < 4.78 is 11.4. The highest BCUT2D eigenvalue weighted by Gasteiger charge is 2.28. The van der Waals surface area contributed by atoms with Gasteiger partial charge in [0.25, 0.3) is 5.91 Å². The summed E-state index contributed by atoms with van der Waals surface area (Å²) in [4.78, 5) is 14.6. The van der Waals surface area contributed by atoms with E-state index in [0.717, 1.165) is 30.3 Å². The molecule has 1 unspecified atom stereocenters. The van der Waals surface area contributed by atoms with E-state index in [-0.39, 0.29) is 31.1 Å². The van der Waals surface area contributed by atoms with Gasteiger partial charge in [0.2, 0.25) is 6.79 Å². The molecule has 2 aliphatic rings. The number of likely N-dealkylation sites (tertiary alicyclic amines) is 1. The van der Waals surface area contributed by atoms with Crippen molar-refractivity contribution < 1.29 is 14.3 Å². The summed E-state index contributed by atoms with van der Waals surface area (Å²) in [6.07, 6.45) is 3.15. The Morgan fingerprint density at radius 2 is 2.19 bits per heavy atom. The number of nitrogens with two attached hydrogens (primary N) is 1. The van der Waals surface area contributed by atoms with Crippen molar-refractivity contribution in [3.8, 4) is 11.5 Å². The summed E-state index contributed by atoms with van der Waals surface area (Å²) in [5.41, 5.74) is 6.39. The third-order valence-corrected chi connectivity index (χ3v) is 4.42. The van der Waals surface area contributed by atoms with Gasteiger partial charge in [0.1, 0.15) is 0 Å². The molecular formula is C14H18BrClN2O3. The van der Waals surface area contributed by atoms with Crippen molar-refractivity contribution in [2.75, 3.05) is 19.9 Å². The van der Waals surface area contributed by atoms with Crippen LogP contribution in [-0.4, -0.2) is 36.7 Å². The van der Waals surface area contributed by atoms with Crippen LogP contribution in [-0.2, 0) is 0 Å². The topological polar surface area (TPSA) is 64.8 Å². The second-order valence-electron chi connectivity index (χ2n) is 5.08. The number of rotatable bonds is 2. The third-order valence-electron chi connectivity index (χ3n) is 3.83. The van der Waals surface area contributed by atoms with Gasteiger partial charge in [-0.2, -0.15) is 0 Å². The van der Waals surface area contributed by atoms with Gasteiger partial charge in [0.05, 0.1) is 4.47 Å². The molecule has 116 valence electrons. The van der Waals surface area contributed by atoms with E-state index < -0.39 is 0 Å². The largest absolute Gasteiger partial charge is 0.454 e. The molecule has 0 radical (unpaired) electrons. The predicted molar refractivity (Wildman–Crippen MR) is 85.2 cm³/mol. The molecule has 1 aromatic carbocycles. The van der Waals surface area contributed by atoms with Gasteiger partial charge in [-0.25, -0.2) is 0 Å². The van der Waals surface area contributed by atoms with Crippen LogP contribution in [0.2, 0.25) is 0 Å². The van der Waals surface area contributed by atoms with Crippen LogP contribution in [0.25, 0.3) is 0 Å². The number of hydrogen-bond acceptors (Lipinski definition) is 4. The molecule has 21 heavy (non-hydrogen) atoms. The Bertz CT molecular complexity index is 541. The molecule has 1 saturated heterocycles. The van der Waals surface area contributed by atoms with Gasteiger partial charge < -0.3 is 20.1 Å². The quantitative estimate of drug-likeness (QED) is 0.860. The van der Waals surface area contributed by atoms with Crippen molar-refractivity contribution >= 4 is 34.2 Å². The van der Waals surface area contributed by atoms with Gasteiger partial charge in [-0.05, 0) is 47.3 Å². The number of piperidine rings is 1. The summed E-state index contributed by atoms with van der Waals surface area (Å²) in [5.74, 6) is 1.29. The number of ether oxygens (including phenoxy) is 2. The Labute approximate surface area is 138 Å². The van der Waals surface area contributed by atoms with Crippen molar-refractivity contribution in [2.45, 2.75) is 25.3 Å². The van der Waals surface area contributed by atoms with Crippen LogP contribution in [0.5, 0.6) is 11.5 Å². The molecule has 2 aliphatic heterocycles. The molecule has 2 N–H and O–H groups in total. The standard InChI is InChI=1S/C14H17BrN2O3.ClH/c15-11-5-9(6-12-13(11)20-8-19-12)14(18)17-4-2-1-3-10(17)7-16;/h5-6,10H,1-4,7-8,16H2;1H. The number of carbonyl (C=O) groups is 1. The fourth-order valence-corrected chi connectivity index (χ4v) is 3.33. The van der Waals surface area contributed by atoms with Crippen molar-refractivity contribution in [1.82, 2.24) is 4.90 Å². The molecular weight excluding hydrogens is 360 g/mol. The number of halogens is 2. The lowest BCUT2D eigenvalue weighted by atomic mass is 10.0. The number of nitrogens with zero attached hydrogens (tertiary/aromatic N) is 1. The fourth-order valence-electron chi connectivity index (χ4n) is 2.77. The second kappa shape index (κ2) is 6.85. The third kappa shape index (κ3) is 3.12. The van der Waals surface area contributed by atoms with Crippen molar-refractivity contribution in [1.29, 1.82) is 0 Å². The molecule has 0 saturated carbocycles. The molecule has 0 aliphatic carbocycles. The minimum absolute atomic E-state index is 0. The highest BCUT2D eigenvalue weighted by molar-refractivity contribution is 9.10. The van der Waals surface area contributed by atoms with E-state index in [1.54, 1.807) is 12.1 Å². The fraction of sp³-hybridized carbons (Fsp3) is 0.500. The number of fused-ring (bicyclic) bond motifs is 1. The van der Waals surface area contributed by atoms with Crippen LogP contribution in [0.3, 0.4) is 0 Å². The summed E-state index contributed by atoms with van der Waals surface area (Å²) in [7, 11) is 0. The van der Waals surface area contributed by atoms with Crippen LogP contribution in [0.15, 0.2) is 16.6 Å². The van der Waals surface area contributed by atoms with Gasteiger partial charge in [-0.3, -0.25) is 4.79 Å². The van der Waals surface area contributed by atoms with E-state index in [4.69, 9.17) is 15.2 Å². The Balaban J connectivity index is 0.00000161. The molecule has 0 aromatic heterocycles. The first kappa shape index (κ1) is 16.4. The minimum atomic E-state index is 0. The van der Waals surface area contributed by atoms with E-state index in [1.165, 1.54) is 0 Å².